The lowest BCUT2D eigenvalue weighted by Crippen LogP contribution is -3.06. The Morgan fingerprint density at radius 3 is 2.84 bits per heavy atom. The van der Waals surface area contributed by atoms with Crippen LogP contribution in [-0.2, 0) is 6.42 Å². The normalized spacial score (nSPS) is 17.3. The summed E-state index contributed by atoms with van der Waals surface area (Å²) in [6, 6.07) is 4.31. The third-order valence-corrected chi connectivity index (χ3v) is 3.87. The summed E-state index contributed by atoms with van der Waals surface area (Å²) in [5.41, 5.74) is 2.49. The lowest BCUT2D eigenvalue weighted by atomic mass is 9.86. The first-order chi connectivity index (χ1) is 8.65. The summed E-state index contributed by atoms with van der Waals surface area (Å²) in [6.45, 7) is 0.313. The highest BCUT2D eigenvalue weighted by Gasteiger charge is 2.29. The molecule has 0 bridgehead atoms. The van der Waals surface area contributed by atoms with Gasteiger partial charge in [0.15, 0.2) is 0 Å². The minimum absolute atomic E-state index is 0. The quantitative estimate of drug-likeness (QED) is 0.698. The lowest BCUT2D eigenvalue weighted by molar-refractivity contribution is -0.893. The Labute approximate surface area is 126 Å². The molecule has 1 aliphatic carbocycles. The van der Waals surface area contributed by atoms with Crippen molar-refractivity contribution in [3.05, 3.63) is 28.3 Å². The molecule has 1 aromatic carbocycles. The third-order valence-electron chi connectivity index (χ3n) is 3.54. The van der Waals surface area contributed by atoms with Gasteiger partial charge in [-0.15, -0.1) is 6.42 Å². The Morgan fingerprint density at radius 1 is 1.47 bits per heavy atom. The van der Waals surface area contributed by atoms with E-state index in [-0.39, 0.29) is 12.4 Å². The standard InChI is InChI=1S/C15H18ClNO.ClH/c1-4-10-18-14-9-8-12(16)15-11(14)6-5-7-13(15)17(2)3;/h1,8-9,13H,5-7,10H2,2-3H3;1H. The Kier molecular flexibility index (Phi) is 6.00. The van der Waals surface area contributed by atoms with Crippen LogP contribution >= 0.6 is 11.6 Å². The van der Waals surface area contributed by atoms with Gasteiger partial charge >= 0.3 is 0 Å². The highest BCUT2D eigenvalue weighted by atomic mass is 35.5. The van der Waals surface area contributed by atoms with Crippen LogP contribution in [0, 0.1) is 12.3 Å². The second kappa shape index (κ2) is 7.05. The van der Waals surface area contributed by atoms with Crippen LogP contribution in [0.15, 0.2) is 12.1 Å². The van der Waals surface area contributed by atoms with Crippen molar-refractivity contribution in [2.75, 3.05) is 20.7 Å². The first-order valence-corrected chi connectivity index (χ1v) is 6.70. The zero-order valence-corrected chi connectivity index (χ0v) is 12.8. The molecule has 0 heterocycles. The Bertz CT molecular complexity index is 480. The Morgan fingerprint density at radius 2 is 2.21 bits per heavy atom. The number of benzene rings is 1. The van der Waals surface area contributed by atoms with Crippen molar-refractivity contribution in [3.63, 3.8) is 0 Å². The highest BCUT2D eigenvalue weighted by molar-refractivity contribution is 6.31. The largest absolute Gasteiger partial charge is 1.00 e. The van der Waals surface area contributed by atoms with E-state index in [4.69, 9.17) is 22.8 Å². The van der Waals surface area contributed by atoms with E-state index in [9.17, 15) is 0 Å². The van der Waals surface area contributed by atoms with E-state index in [0.717, 1.165) is 17.2 Å². The Hall–Kier alpha value is -0.880. The summed E-state index contributed by atoms with van der Waals surface area (Å²) in [7, 11) is 4.34. The fourth-order valence-corrected chi connectivity index (χ4v) is 3.02. The van der Waals surface area contributed by atoms with Gasteiger partial charge in [-0.05, 0) is 25.0 Å². The van der Waals surface area contributed by atoms with Gasteiger partial charge in [0.05, 0.1) is 19.1 Å². The molecular formula is C15H19Cl2NO. The molecule has 0 spiro atoms. The smallest absolute Gasteiger partial charge is 0.148 e. The summed E-state index contributed by atoms with van der Waals surface area (Å²) in [4.78, 5) is 1.41. The molecule has 2 rings (SSSR count). The number of quaternary nitrogens is 1. The molecular weight excluding hydrogens is 281 g/mol. The Balaban J connectivity index is 0.00000180. The van der Waals surface area contributed by atoms with E-state index in [1.165, 1.54) is 28.9 Å². The molecule has 2 nitrogen and oxygen atoms in total. The maximum absolute atomic E-state index is 6.38. The molecule has 1 unspecified atom stereocenters. The summed E-state index contributed by atoms with van der Waals surface area (Å²) < 4.78 is 5.63. The number of ether oxygens (including phenoxy) is 1. The summed E-state index contributed by atoms with van der Waals surface area (Å²) >= 11 is 6.38. The van der Waals surface area contributed by atoms with Gasteiger partial charge in [-0.2, -0.15) is 0 Å². The van der Waals surface area contributed by atoms with Gasteiger partial charge in [-0.1, -0.05) is 17.5 Å². The van der Waals surface area contributed by atoms with E-state index < -0.39 is 0 Å². The molecule has 1 aromatic rings. The number of halogens is 2. The molecule has 1 N–H and O–H groups in total. The van der Waals surface area contributed by atoms with Crippen molar-refractivity contribution in [3.8, 4) is 18.1 Å². The SMILES string of the molecule is C#CCOc1ccc(Cl)c2c1CCCC2[NH+](C)C.[Cl-]. The molecule has 104 valence electrons. The maximum Gasteiger partial charge on any atom is 0.148 e. The summed E-state index contributed by atoms with van der Waals surface area (Å²) in [5.74, 6) is 3.41. The van der Waals surface area contributed by atoms with Gasteiger partial charge in [0.1, 0.15) is 18.4 Å². The van der Waals surface area contributed by atoms with E-state index in [2.05, 4.69) is 20.0 Å². The first-order valence-electron chi connectivity index (χ1n) is 6.32. The molecule has 0 amide bonds. The van der Waals surface area contributed by atoms with Gasteiger partial charge in [0.25, 0.3) is 0 Å². The second-order valence-electron chi connectivity index (χ2n) is 4.95. The topological polar surface area (TPSA) is 13.7 Å². The van der Waals surface area contributed by atoms with Crippen molar-refractivity contribution in [1.82, 2.24) is 0 Å². The predicted octanol–water partition coefficient (Wildman–Crippen LogP) is -1.12. The van der Waals surface area contributed by atoms with Crippen LogP contribution in [0.1, 0.15) is 30.0 Å². The average molecular weight is 300 g/mol. The van der Waals surface area contributed by atoms with Crippen LogP contribution in [0.25, 0.3) is 0 Å². The van der Waals surface area contributed by atoms with Gasteiger partial charge in [0.2, 0.25) is 0 Å². The van der Waals surface area contributed by atoms with Crippen LogP contribution in [0.5, 0.6) is 5.75 Å². The number of terminal acetylenes is 1. The van der Waals surface area contributed by atoms with Crippen molar-refractivity contribution >= 4 is 11.6 Å². The number of nitrogens with one attached hydrogen (secondary N) is 1. The van der Waals surface area contributed by atoms with Gasteiger partial charge in [-0.25, -0.2) is 0 Å². The van der Waals surface area contributed by atoms with E-state index in [1.54, 1.807) is 0 Å². The zero-order chi connectivity index (χ0) is 13.1. The molecule has 0 saturated carbocycles. The maximum atomic E-state index is 6.38. The molecule has 0 fully saturated rings. The van der Waals surface area contributed by atoms with Gasteiger partial charge in [0, 0.05) is 17.5 Å². The second-order valence-corrected chi connectivity index (χ2v) is 5.36. The van der Waals surface area contributed by atoms with Crippen molar-refractivity contribution in [2.45, 2.75) is 25.3 Å². The van der Waals surface area contributed by atoms with Crippen LogP contribution in [0.4, 0.5) is 0 Å². The minimum atomic E-state index is 0. The van der Waals surface area contributed by atoms with Crippen LogP contribution in [0.3, 0.4) is 0 Å². The van der Waals surface area contributed by atoms with Crippen LogP contribution in [0.2, 0.25) is 5.02 Å². The predicted molar refractivity (Wildman–Crippen MR) is 74.3 cm³/mol. The van der Waals surface area contributed by atoms with E-state index in [0.29, 0.717) is 12.6 Å². The number of hydrogen-bond donors (Lipinski definition) is 1. The monoisotopic (exact) mass is 299 g/mol. The van der Waals surface area contributed by atoms with Crippen molar-refractivity contribution in [2.24, 2.45) is 0 Å². The fraction of sp³-hybridized carbons (Fsp3) is 0.467. The first kappa shape index (κ1) is 16.2. The van der Waals surface area contributed by atoms with Crippen molar-refractivity contribution in [1.29, 1.82) is 0 Å². The van der Waals surface area contributed by atoms with Gasteiger partial charge < -0.3 is 22.0 Å². The molecule has 1 aliphatic rings. The molecule has 1 atom stereocenters. The fourth-order valence-electron chi connectivity index (χ4n) is 2.71. The molecule has 0 saturated heterocycles. The molecule has 4 heteroatoms. The van der Waals surface area contributed by atoms with Crippen molar-refractivity contribution < 1.29 is 22.0 Å². The van der Waals surface area contributed by atoms with Crippen LogP contribution in [-0.4, -0.2) is 20.7 Å². The molecule has 0 radical (unpaired) electrons. The highest BCUT2D eigenvalue weighted by Crippen LogP contribution is 2.38. The number of rotatable bonds is 3. The number of hydrogen-bond acceptors (Lipinski definition) is 1. The molecule has 0 aromatic heterocycles. The van der Waals surface area contributed by atoms with Gasteiger partial charge in [-0.3, -0.25) is 0 Å². The lowest BCUT2D eigenvalue weighted by Gasteiger charge is -2.30. The average Bonchev–Trinajstić information content (AvgIpc) is 2.37. The number of fused-ring (bicyclic) bond motifs is 1. The molecule has 0 aliphatic heterocycles. The minimum Gasteiger partial charge on any atom is -1.00 e. The summed E-state index contributed by atoms with van der Waals surface area (Å²) in [6.07, 6.45) is 8.63. The summed E-state index contributed by atoms with van der Waals surface area (Å²) in [5, 5.41) is 0.851. The zero-order valence-electron chi connectivity index (χ0n) is 11.3. The van der Waals surface area contributed by atoms with Crippen LogP contribution < -0.4 is 22.0 Å². The third kappa shape index (κ3) is 3.36. The molecule has 19 heavy (non-hydrogen) atoms. The van der Waals surface area contributed by atoms with E-state index >= 15 is 0 Å². The van der Waals surface area contributed by atoms with E-state index in [1.807, 2.05) is 12.1 Å².